The standard InChI is InChI=1S/C27H31N5O2S/c1-5-14-32-25(22-13-8-15-31(22)26(34)21-12-6-9-18(2)16-21)29-30-27(32)35-17-23(33)28-24-19(3)10-7-11-20(24)4/h5-7,9-12,16,22H,1,8,13-15,17H2,2-4H3,(H,28,33). The lowest BCUT2D eigenvalue weighted by atomic mass is 10.1. The summed E-state index contributed by atoms with van der Waals surface area (Å²) in [5.74, 6) is 0.853. The number of likely N-dealkylation sites (tertiary alicyclic amines) is 1. The van der Waals surface area contributed by atoms with Crippen molar-refractivity contribution >= 4 is 29.3 Å². The lowest BCUT2D eigenvalue weighted by Gasteiger charge is -2.25. The van der Waals surface area contributed by atoms with Crippen LogP contribution in [0.1, 0.15) is 51.8 Å². The summed E-state index contributed by atoms with van der Waals surface area (Å²) in [5.41, 5.74) is 4.64. The van der Waals surface area contributed by atoms with E-state index in [1.807, 2.05) is 72.7 Å². The summed E-state index contributed by atoms with van der Waals surface area (Å²) in [6.45, 7) is 11.0. The molecule has 0 aliphatic carbocycles. The van der Waals surface area contributed by atoms with Gasteiger partial charge in [-0.1, -0.05) is 53.7 Å². The molecule has 0 bridgehead atoms. The fraction of sp³-hybridized carbons (Fsp3) is 0.333. The van der Waals surface area contributed by atoms with Crippen molar-refractivity contribution in [3.05, 3.63) is 83.2 Å². The number of anilines is 1. The van der Waals surface area contributed by atoms with Crippen molar-refractivity contribution in [3.8, 4) is 0 Å². The van der Waals surface area contributed by atoms with Crippen molar-refractivity contribution in [2.75, 3.05) is 17.6 Å². The molecule has 1 aromatic heterocycles. The van der Waals surface area contributed by atoms with E-state index < -0.39 is 0 Å². The minimum atomic E-state index is -0.159. The highest BCUT2D eigenvalue weighted by Crippen LogP contribution is 2.34. The number of benzene rings is 2. The topological polar surface area (TPSA) is 80.1 Å². The molecule has 0 saturated carbocycles. The molecule has 1 atom stereocenters. The molecule has 35 heavy (non-hydrogen) atoms. The molecular formula is C27H31N5O2S. The summed E-state index contributed by atoms with van der Waals surface area (Å²) in [4.78, 5) is 27.9. The van der Waals surface area contributed by atoms with Crippen LogP contribution >= 0.6 is 11.8 Å². The van der Waals surface area contributed by atoms with Gasteiger partial charge in [-0.15, -0.1) is 16.8 Å². The zero-order valence-corrected chi connectivity index (χ0v) is 21.3. The third kappa shape index (κ3) is 5.48. The molecule has 2 heterocycles. The summed E-state index contributed by atoms with van der Waals surface area (Å²) in [6.07, 6.45) is 3.52. The molecule has 1 saturated heterocycles. The number of allylic oxidation sites excluding steroid dienone is 1. The molecule has 2 amide bonds. The molecule has 1 aliphatic rings. The van der Waals surface area contributed by atoms with E-state index in [0.717, 1.165) is 41.0 Å². The second kappa shape index (κ2) is 10.9. The highest BCUT2D eigenvalue weighted by atomic mass is 32.2. The smallest absolute Gasteiger partial charge is 0.254 e. The van der Waals surface area contributed by atoms with E-state index in [0.29, 0.717) is 23.8 Å². The Morgan fingerprint density at radius 2 is 1.89 bits per heavy atom. The lowest BCUT2D eigenvalue weighted by molar-refractivity contribution is -0.113. The maximum absolute atomic E-state index is 13.3. The van der Waals surface area contributed by atoms with Crippen LogP contribution in [-0.2, 0) is 11.3 Å². The van der Waals surface area contributed by atoms with Crippen molar-refractivity contribution in [1.29, 1.82) is 0 Å². The minimum absolute atomic E-state index is 0.00605. The van der Waals surface area contributed by atoms with Crippen molar-refractivity contribution in [2.45, 2.75) is 51.4 Å². The Hall–Kier alpha value is -3.39. The van der Waals surface area contributed by atoms with Crippen molar-refractivity contribution in [2.24, 2.45) is 0 Å². The van der Waals surface area contributed by atoms with Gasteiger partial charge in [-0.3, -0.25) is 9.59 Å². The first kappa shape index (κ1) is 24.7. The molecule has 1 aliphatic heterocycles. The summed E-state index contributed by atoms with van der Waals surface area (Å²) < 4.78 is 1.97. The molecule has 3 aromatic rings. The molecule has 2 aromatic carbocycles. The van der Waals surface area contributed by atoms with Gasteiger partial charge in [-0.05, 0) is 56.9 Å². The maximum Gasteiger partial charge on any atom is 0.254 e. The predicted octanol–water partition coefficient (Wildman–Crippen LogP) is 5.10. The molecule has 8 heteroatoms. The first-order valence-corrected chi connectivity index (χ1v) is 12.8. The first-order chi connectivity index (χ1) is 16.9. The predicted molar refractivity (Wildman–Crippen MR) is 140 cm³/mol. The van der Waals surface area contributed by atoms with E-state index in [9.17, 15) is 9.59 Å². The number of carbonyl (C=O) groups excluding carboxylic acids is 2. The Morgan fingerprint density at radius 1 is 1.14 bits per heavy atom. The van der Waals surface area contributed by atoms with E-state index in [4.69, 9.17) is 0 Å². The van der Waals surface area contributed by atoms with Gasteiger partial charge >= 0.3 is 0 Å². The Morgan fingerprint density at radius 3 is 2.60 bits per heavy atom. The molecule has 1 unspecified atom stereocenters. The molecule has 0 radical (unpaired) electrons. The minimum Gasteiger partial charge on any atom is -0.328 e. The Bertz CT molecular complexity index is 1230. The number of carbonyl (C=O) groups is 2. The number of aryl methyl sites for hydroxylation is 3. The molecule has 1 N–H and O–H groups in total. The lowest BCUT2D eigenvalue weighted by Crippen LogP contribution is -2.32. The van der Waals surface area contributed by atoms with Crippen molar-refractivity contribution in [3.63, 3.8) is 0 Å². The quantitative estimate of drug-likeness (QED) is 0.352. The average Bonchev–Trinajstić information content (AvgIpc) is 3.47. The fourth-order valence-electron chi connectivity index (χ4n) is 4.49. The number of amides is 2. The van der Waals surface area contributed by atoms with Crippen molar-refractivity contribution < 1.29 is 9.59 Å². The highest BCUT2D eigenvalue weighted by Gasteiger charge is 2.34. The molecule has 182 valence electrons. The van der Waals surface area contributed by atoms with Gasteiger partial charge in [0, 0.05) is 24.3 Å². The molecule has 0 spiro atoms. The number of nitrogens with zero attached hydrogens (tertiary/aromatic N) is 4. The van der Waals surface area contributed by atoms with Gasteiger partial charge in [0.25, 0.3) is 5.91 Å². The van der Waals surface area contributed by atoms with Gasteiger partial charge in [0.05, 0.1) is 11.8 Å². The van der Waals surface area contributed by atoms with E-state index in [-0.39, 0.29) is 23.6 Å². The summed E-state index contributed by atoms with van der Waals surface area (Å²) >= 11 is 1.34. The Labute approximate surface area is 210 Å². The summed E-state index contributed by atoms with van der Waals surface area (Å²) in [6, 6.07) is 13.4. The summed E-state index contributed by atoms with van der Waals surface area (Å²) in [7, 11) is 0. The normalized spacial score (nSPS) is 15.3. The Kier molecular flexibility index (Phi) is 7.70. The molecule has 4 rings (SSSR count). The van der Waals surface area contributed by atoms with Gasteiger partial charge in [0.1, 0.15) is 0 Å². The number of para-hydroxylation sites is 1. The zero-order chi connectivity index (χ0) is 24.9. The zero-order valence-electron chi connectivity index (χ0n) is 20.5. The van der Waals surface area contributed by atoms with Gasteiger partial charge in [-0.25, -0.2) is 0 Å². The number of nitrogens with one attached hydrogen (secondary N) is 1. The number of thioether (sulfide) groups is 1. The van der Waals surface area contributed by atoms with Crippen LogP contribution in [0.25, 0.3) is 0 Å². The van der Waals surface area contributed by atoms with Gasteiger partial charge < -0.3 is 14.8 Å². The monoisotopic (exact) mass is 489 g/mol. The molecular weight excluding hydrogens is 458 g/mol. The van der Waals surface area contributed by atoms with Gasteiger partial charge in [0.15, 0.2) is 11.0 Å². The first-order valence-electron chi connectivity index (χ1n) is 11.8. The van der Waals surface area contributed by atoms with Crippen LogP contribution in [0, 0.1) is 20.8 Å². The van der Waals surface area contributed by atoms with E-state index in [2.05, 4.69) is 22.1 Å². The average molecular weight is 490 g/mol. The van der Waals surface area contributed by atoms with Crippen LogP contribution in [-0.4, -0.2) is 43.8 Å². The summed E-state index contributed by atoms with van der Waals surface area (Å²) in [5, 5.41) is 12.5. The third-order valence-electron chi connectivity index (χ3n) is 6.21. The van der Waals surface area contributed by atoms with E-state index in [1.165, 1.54) is 11.8 Å². The SMILES string of the molecule is C=CCn1c(SCC(=O)Nc2c(C)cccc2C)nnc1C1CCCN1C(=O)c1cccc(C)c1. The van der Waals surface area contributed by atoms with E-state index >= 15 is 0 Å². The fourth-order valence-corrected chi connectivity index (χ4v) is 5.25. The van der Waals surface area contributed by atoms with Crippen LogP contribution in [0.4, 0.5) is 5.69 Å². The van der Waals surface area contributed by atoms with Crippen molar-refractivity contribution in [1.82, 2.24) is 19.7 Å². The van der Waals surface area contributed by atoms with E-state index in [1.54, 1.807) is 6.08 Å². The van der Waals surface area contributed by atoms with Crippen LogP contribution in [0.15, 0.2) is 60.3 Å². The van der Waals surface area contributed by atoms with Crippen LogP contribution < -0.4 is 5.32 Å². The van der Waals surface area contributed by atoms with Crippen LogP contribution in [0.3, 0.4) is 0 Å². The maximum atomic E-state index is 13.3. The number of aromatic nitrogens is 3. The Balaban J connectivity index is 1.50. The number of hydrogen-bond acceptors (Lipinski definition) is 5. The van der Waals surface area contributed by atoms with Crippen LogP contribution in [0.2, 0.25) is 0 Å². The molecule has 7 nitrogen and oxygen atoms in total. The molecule has 1 fully saturated rings. The number of rotatable bonds is 8. The van der Waals surface area contributed by atoms with Gasteiger partial charge in [-0.2, -0.15) is 0 Å². The second-order valence-electron chi connectivity index (χ2n) is 8.87. The second-order valence-corrected chi connectivity index (χ2v) is 9.81. The highest BCUT2D eigenvalue weighted by molar-refractivity contribution is 7.99. The number of hydrogen-bond donors (Lipinski definition) is 1. The third-order valence-corrected chi connectivity index (χ3v) is 7.18. The van der Waals surface area contributed by atoms with Gasteiger partial charge in [0.2, 0.25) is 5.91 Å². The largest absolute Gasteiger partial charge is 0.328 e. The van der Waals surface area contributed by atoms with Crippen LogP contribution in [0.5, 0.6) is 0 Å².